The van der Waals surface area contributed by atoms with Gasteiger partial charge in [0.15, 0.2) is 0 Å². The van der Waals surface area contributed by atoms with Gasteiger partial charge in [0.05, 0.1) is 12.3 Å². The van der Waals surface area contributed by atoms with Crippen molar-refractivity contribution >= 4 is 11.8 Å². The molecule has 2 nitrogen and oxygen atoms in total. The molecule has 0 radical (unpaired) electrons. The first-order valence-corrected chi connectivity index (χ1v) is 7.15. The first-order valence-electron chi connectivity index (χ1n) is 7.15. The van der Waals surface area contributed by atoms with Crippen molar-refractivity contribution in [1.82, 2.24) is 0 Å². The molecule has 4 heteroatoms. The van der Waals surface area contributed by atoms with Crippen LogP contribution in [0.5, 0.6) is 5.75 Å². The van der Waals surface area contributed by atoms with Crippen LogP contribution in [0.4, 0.5) is 14.5 Å². The largest absolute Gasteiger partial charge is 0.491 e. The summed E-state index contributed by atoms with van der Waals surface area (Å²) in [6, 6.07) is 3.96. The molecule has 1 saturated carbocycles. The zero-order chi connectivity index (χ0) is 14.2. The number of alkyl halides is 2. The quantitative estimate of drug-likeness (QED) is 0.829. The van der Waals surface area contributed by atoms with Crippen LogP contribution in [0.3, 0.4) is 0 Å². The van der Waals surface area contributed by atoms with Crippen LogP contribution < -0.4 is 10.5 Å². The van der Waals surface area contributed by atoms with Crippen molar-refractivity contribution in [2.45, 2.75) is 38.0 Å². The minimum atomic E-state index is -2.46. The van der Waals surface area contributed by atoms with Crippen molar-refractivity contribution < 1.29 is 13.5 Å². The number of hydrogen-bond donors (Lipinski definition) is 1. The van der Waals surface area contributed by atoms with Crippen LogP contribution in [0.25, 0.3) is 6.08 Å². The Morgan fingerprint density at radius 1 is 1.25 bits per heavy atom. The fourth-order valence-electron chi connectivity index (χ4n) is 2.96. The number of ether oxygens (including phenoxy) is 1. The Hall–Kier alpha value is -1.58. The second-order valence-corrected chi connectivity index (χ2v) is 5.75. The summed E-state index contributed by atoms with van der Waals surface area (Å²) in [5, 5.41) is 0. The van der Waals surface area contributed by atoms with Crippen molar-refractivity contribution in [1.29, 1.82) is 0 Å². The number of rotatable bonds is 2. The summed E-state index contributed by atoms with van der Waals surface area (Å²) >= 11 is 0. The van der Waals surface area contributed by atoms with Gasteiger partial charge in [-0.3, -0.25) is 0 Å². The van der Waals surface area contributed by atoms with E-state index in [1.54, 1.807) is 0 Å². The maximum absolute atomic E-state index is 13.1. The van der Waals surface area contributed by atoms with E-state index >= 15 is 0 Å². The first kappa shape index (κ1) is 13.4. The number of halogens is 2. The Morgan fingerprint density at radius 3 is 2.75 bits per heavy atom. The third-order valence-electron chi connectivity index (χ3n) is 4.16. The van der Waals surface area contributed by atoms with E-state index in [0.717, 1.165) is 23.3 Å². The number of hydrogen-bond acceptors (Lipinski definition) is 2. The topological polar surface area (TPSA) is 35.2 Å². The molecular weight excluding hydrogens is 260 g/mol. The van der Waals surface area contributed by atoms with Gasteiger partial charge in [0, 0.05) is 24.8 Å². The lowest BCUT2D eigenvalue weighted by Gasteiger charge is -2.26. The van der Waals surface area contributed by atoms with E-state index in [1.807, 2.05) is 18.2 Å². The van der Waals surface area contributed by atoms with E-state index in [0.29, 0.717) is 25.1 Å². The lowest BCUT2D eigenvalue weighted by molar-refractivity contribution is -0.0410. The van der Waals surface area contributed by atoms with Crippen LogP contribution in [-0.2, 0) is 6.42 Å². The number of allylic oxidation sites excluding steroid dienone is 1. The summed E-state index contributed by atoms with van der Waals surface area (Å²) in [5.41, 5.74) is 8.79. The van der Waals surface area contributed by atoms with Crippen LogP contribution in [0, 0.1) is 5.92 Å². The molecule has 3 rings (SSSR count). The van der Waals surface area contributed by atoms with Crippen molar-refractivity contribution in [3.63, 3.8) is 0 Å². The number of nitrogen functional groups attached to an aromatic ring is 1. The van der Waals surface area contributed by atoms with Crippen molar-refractivity contribution in [2.24, 2.45) is 5.92 Å². The summed E-state index contributed by atoms with van der Waals surface area (Å²) in [7, 11) is 0. The zero-order valence-corrected chi connectivity index (χ0v) is 11.4. The lowest BCUT2D eigenvalue weighted by Crippen LogP contribution is -2.23. The molecule has 1 heterocycles. The molecule has 1 aromatic carbocycles. The Morgan fingerprint density at radius 2 is 2.00 bits per heavy atom. The van der Waals surface area contributed by atoms with Gasteiger partial charge in [0.25, 0.3) is 0 Å². The van der Waals surface area contributed by atoms with E-state index in [1.165, 1.54) is 0 Å². The minimum Gasteiger partial charge on any atom is -0.491 e. The highest BCUT2D eigenvalue weighted by atomic mass is 19.3. The maximum atomic E-state index is 13.1. The Labute approximate surface area is 117 Å². The molecule has 1 aliphatic carbocycles. The van der Waals surface area contributed by atoms with Gasteiger partial charge in [0.1, 0.15) is 5.75 Å². The van der Waals surface area contributed by atoms with Crippen LogP contribution >= 0.6 is 0 Å². The van der Waals surface area contributed by atoms with Crippen LogP contribution in [0.15, 0.2) is 18.2 Å². The van der Waals surface area contributed by atoms with Crippen LogP contribution in [0.2, 0.25) is 0 Å². The van der Waals surface area contributed by atoms with Crippen molar-refractivity contribution in [3.05, 3.63) is 29.3 Å². The summed E-state index contributed by atoms with van der Waals surface area (Å²) < 4.78 is 31.6. The van der Waals surface area contributed by atoms with E-state index in [4.69, 9.17) is 10.5 Å². The molecular formula is C16H19F2NO. The van der Waals surface area contributed by atoms with Crippen molar-refractivity contribution in [2.75, 3.05) is 12.3 Å². The molecule has 20 heavy (non-hydrogen) atoms. The molecule has 0 saturated heterocycles. The van der Waals surface area contributed by atoms with Gasteiger partial charge in [-0.2, -0.15) is 0 Å². The first-order chi connectivity index (χ1) is 9.53. The van der Waals surface area contributed by atoms with Gasteiger partial charge in [-0.25, -0.2) is 8.78 Å². The summed E-state index contributed by atoms with van der Waals surface area (Å²) in [5.74, 6) is -1.40. The Bertz CT molecular complexity index is 530. The van der Waals surface area contributed by atoms with Gasteiger partial charge >= 0.3 is 0 Å². The normalized spacial score (nSPS) is 21.9. The van der Waals surface area contributed by atoms with Crippen molar-refractivity contribution in [3.8, 4) is 5.75 Å². The van der Waals surface area contributed by atoms with Crippen LogP contribution in [-0.4, -0.2) is 12.5 Å². The zero-order valence-electron chi connectivity index (χ0n) is 11.4. The Kier molecular flexibility index (Phi) is 3.40. The SMILES string of the molecule is Nc1cc(/C=C/C2CCC(F)(F)CC2)cc2c1OCC2. The standard InChI is InChI=1S/C16H19F2NO/c17-16(18)6-3-11(4-7-16)1-2-12-9-13-5-8-20-15(13)14(19)10-12/h1-2,9-11H,3-8,19H2/b2-1+. The summed E-state index contributed by atoms with van der Waals surface area (Å²) in [4.78, 5) is 0. The third kappa shape index (κ3) is 2.79. The summed E-state index contributed by atoms with van der Waals surface area (Å²) in [6.45, 7) is 0.685. The molecule has 0 unspecified atom stereocenters. The smallest absolute Gasteiger partial charge is 0.248 e. The molecule has 1 aliphatic heterocycles. The van der Waals surface area contributed by atoms with Gasteiger partial charge in [-0.05, 0) is 36.5 Å². The second kappa shape index (κ2) is 5.08. The molecule has 108 valence electrons. The fourth-order valence-corrected chi connectivity index (χ4v) is 2.96. The molecule has 2 N–H and O–H groups in total. The van der Waals surface area contributed by atoms with E-state index in [-0.39, 0.29) is 18.8 Å². The molecule has 0 atom stereocenters. The average molecular weight is 279 g/mol. The molecule has 0 spiro atoms. The van der Waals surface area contributed by atoms with E-state index in [9.17, 15) is 8.78 Å². The van der Waals surface area contributed by atoms with Gasteiger partial charge in [-0.1, -0.05) is 12.2 Å². The Balaban J connectivity index is 1.69. The summed E-state index contributed by atoms with van der Waals surface area (Å²) in [6.07, 6.45) is 6.07. The second-order valence-electron chi connectivity index (χ2n) is 5.75. The average Bonchev–Trinajstić information content (AvgIpc) is 2.86. The highest BCUT2D eigenvalue weighted by Crippen LogP contribution is 2.37. The number of benzene rings is 1. The predicted octanol–water partition coefficient (Wildman–Crippen LogP) is 4.04. The molecule has 2 aliphatic rings. The van der Waals surface area contributed by atoms with Crippen LogP contribution in [0.1, 0.15) is 36.8 Å². The minimum absolute atomic E-state index is 0.00216. The molecule has 0 amide bonds. The van der Waals surface area contributed by atoms with Gasteiger partial charge in [0.2, 0.25) is 5.92 Å². The predicted molar refractivity (Wildman–Crippen MR) is 76.0 cm³/mol. The fraction of sp³-hybridized carbons (Fsp3) is 0.500. The molecule has 0 aromatic heterocycles. The van der Waals surface area contributed by atoms with E-state index in [2.05, 4.69) is 6.07 Å². The number of anilines is 1. The monoisotopic (exact) mass is 279 g/mol. The number of fused-ring (bicyclic) bond motifs is 1. The highest BCUT2D eigenvalue weighted by molar-refractivity contribution is 5.66. The van der Waals surface area contributed by atoms with Gasteiger partial charge in [-0.15, -0.1) is 0 Å². The lowest BCUT2D eigenvalue weighted by atomic mass is 9.86. The third-order valence-corrected chi connectivity index (χ3v) is 4.16. The number of nitrogens with two attached hydrogens (primary N) is 1. The van der Waals surface area contributed by atoms with E-state index < -0.39 is 5.92 Å². The molecule has 1 fully saturated rings. The molecule has 1 aromatic rings. The molecule has 0 bridgehead atoms. The van der Waals surface area contributed by atoms with Gasteiger partial charge < -0.3 is 10.5 Å². The maximum Gasteiger partial charge on any atom is 0.248 e. The highest BCUT2D eigenvalue weighted by Gasteiger charge is 2.33.